The minimum Gasteiger partial charge on any atom is -0.466 e. The monoisotopic (exact) mass is 336 g/mol. The molecule has 0 unspecified atom stereocenters. The zero-order chi connectivity index (χ0) is 17.1. The molecule has 1 aromatic carbocycles. The molecular weight excluding hydrogens is 312 g/mol. The number of hydrogen-bond acceptors (Lipinski definition) is 5. The van der Waals surface area contributed by atoms with Crippen molar-refractivity contribution in [2.45, 2.75) is 32.8 Å². The number of aliphatic hydroxyl groups is 1. The van der Waals surface area contributed by atoms with Gasteiger partial charge in [-0.2, -0.15) is 0 Å². The van der Waals surface area contributed by atoms with Crippen molar-refractivity contribution in [2.24, 2.45) is 5.92 Å². The molecule has 0 heterocycles. The Morgan fingerprint density at radius 3 is 2.57 bits per heavy atom. The van der Waals surface area contributed by atoms with Crippen LogP contribution in [0.2, 0.25) is 0 Å². The van der Waals surface area contributed by atoms with Crippen LogP contribution in [0.25, 0.3) is 6.08 Å². The number of carbonyl (C=O) groups is 2. The lowest BCUT2D eigenvalue weighted by Gasteiger charge is -2.18. The normalized spacial score (nSPS) is 13.7. The second kappa shape index (κ2) is 11.0. The molecule has 0 aromatic heterocycles. The fourth-order valence-corrected chi connectivity index (χ4v) is 2.85. The Morgan fingerprint density at radius 1 is 1.26 bits per heavy atom. The molecule has 0 saturated carbocycles. The molecule has 1 aromatic rings. The first-order chi connectivity index (χ1) is 11.1. The van der Waals surface area contributed by atoms with E-state index in [1.54, 1.807) is 19.1 Å². The summed E-state index contributed by atoms with van der Waals surface area (Å²) in [5.74, 6) is -0.306. The predicted octanol–water partition coefficient (Wildman–Crippen LogP) is 3.30. The van der Waals surface area contributed by atoms with Crippen molar-refractivity contribution in [3.05, 3.63) is 42.0 Å². The Labute approximate surface area is 141 Å². The topological polar surface area (TPSA) is 63.6 Å². The van der Waals surface area contributed by atoms with E-state index >= 15 is 0 Å². The summed E-state index contributed by atoms with van der Waals surface area (Å²) < 4.78 is 4.88. The standard InChI is InChI=1S/C18H24O4S/c1-3-22-17(20)13-11-15(18(21)23-4-2)16(19)12-10-14-8-6-5-7-9-14/h5-10,12,15-16,19H,3-4,11,13H2,1-2H3/b12-10+/t15-,16-/m1/s1. The lowest BCUT2D eigenvalue weighted by molar-refractivity contribution is -0.143. The first-order valence-electron chi connectivity index (χ1n) is 7.82. The van der Waals surface area contributed by atoms with Crippen molar-refractivity contribution in [3.8, 4) is 0 Å². The summed E-state index contributed by atoms with van der Waals surface area (Å²) in [7, 11) is 0. The van der Waals surface area contributed by atoms with Gasteiger partial charge in [0.2, 0.25) is 0 Å². The van der Waals surface area contributed by atoms with E-state index < -0.39 is 12.0 Å². The highest BCUT2D eigenvalue weighted by atomic mass is 32.2. The smallest absolute Gasteiger partial charge is 0.305 e. The highest BCUT2D eigenvalue weighted by Crippen LogP contribution is 2.22. The largest absolute Gasteiger partial charge is 0.466 e. The molecule has 23 heavy (non-hydrogen) atoms. The van der Waals surface area contributed by atoms with Crippen LogP contribution in [0.1, 0.15) is 32.3 Å². The molecule has 0 saturated heterocycles. The number of aliphatic hydroxyl groups excluding tert-OH is 1. The summed E-state index contributed by atoms with van der Waals surface area (Å²) in [5.41, 5.74) is 0.950. The van der Waals surface area contributed by atoms with E-state index in [4.69, 9.17) is 4.74 Å². The zero-order valence-corrected chi connectivity index (χ0v) is 14.4. The fraction of sp³-hybridized carbons (Fsp3) is 0.444. The van der Waals surface area contributed by atoms with Gasteiger partial charge in [-0.15, -0.1) is 0 Å². The molecule has 5 heteroatoms. The molecule has 0 amide bonds. The van der Waals surface area contributed by atoms with Crippen molar-refractivity contribution in [1.82, 2.24) is 0 Å². The Kier molecular flexibility index (Phi) is 9.33. The minimum absolute atomic E-state index is 0.0954. The molecule has 1 rings (SSSR count). The molecule has 0 aliphatic carbocycles. The Hall–Kier alpha value is -1.59. The van der Waals surface area contributed by atoms with Gasteiger partial charge < -0.3 is 9.84 Å². The van der Waals surface area contributed by atoms with Crippen LogP contribution in [0.3, 0.4) is 0 Å². The number of thioether (sulfide) groups is 1. The van der Waals surface area contributed by atoms with E-state index in [1.807, 2.05) is 37.3 Å². The van der Waals surface area contributed by atoms with Crippen LogP contribution >= 0.6 is 11.8 Å². The van der Waals surface area contributed by atoms with E-state index in [0.29, 0.717) is 12.4 Å². The van der Waals surface area contributed by atoms with Gasteiger partial charge in [0.1, 0.15) is 0 Å². The third kappa shape index (κ3) is 7.48. The van der Waals surface area contributed by atoms with Crippen LogP contribution in [-0.4, -0.2) is 34.7 Å². The van der Waals surface area contributed by atoms with Crippen LogP contribution < -0.4 is 0 Å². The third-order valence-corrected chi connectivity index (χ3v) is 4.13. The van der Waals surface area contributed by atoms with Crippen LogP contribution in [-0.2, 0) is 14.3 Å². The van der Waals surface area contributed by atoms with E-state index in [0.717, 1.165) is 5.56 Å². The Bertz CT molecular complexity index is 513. The van der Waals surface area contributed by atoms with Crippen LogP contribution in [0.5, 0.6) is 0 Å². The maximum Gasteiger partial charge on any atom is 0.305 e. The summed E-state index contributed by atoms with van der Waals surface area (Å²) in [6.45, 7) is 3.94. The highest BCUT2D eigenvalue weighted by molar-refractivity contribution is 8.13. The predicted molar refractivity (Wildman–Crippen MR) is 94.0 cm³/mol. The lowest BCUT2D eigenvalue weighted by Crippen LogP contribution is -2.26. The van der Waals surface area contributed by atoms with Crippen LogP contribution in [0.4, 0.5) is 0 Å². The molecule has 0 aliphatic heterocycles. The van der Waals surface area contributed by atoms with Crippen molar-refractivity contribution in [2.75, 3.05) is 12.4 Å². The number of hydrogen-bond donors (Lipinski definition) is 1. The Balaban J connectivity index is 2.71. The summed E-state index contributed by atoms with van der Waals surface area (Å²) in [6, 6.07) is 9.56. The van der Waals surface area contributed by atoms with Crippen molar-refractivity contribution >= 4 is 28.9 Å². The van der Waals surface area contributed by atoms with Gasteiger partial charge in [-0.1, -0.05) is 61.2 Å². The quantitative estimate of drug-likeness (QED) is 0.701. The maximum atomic E-state index is 12.2. The van der Waals surface area contributed by atoms with E-state index in [1.165, 1.54) is 11.8 Å². The third-order valence-electron chi connectivity index (χ3n) is 3.25. The van der Waals surface area contributed by atoms with E-state index in [9.17, 15) is 14.7 Å². The van der Waals surface area contributed by atoms with Crippen LogP contribution in [0, 0.1) is 5.92 Å². The molecule has 0 radical (unpaired) electrons. The SMILES string of the molecule is CCOC(=O)CC[C@@H](C(=O)SCC)[C@H](O)/C=C/c1ccccc1. The second-order valence-corrected chi connectivity index (χ2v) is 6.23. The molecule has 0 aliphatic rings. The summed E-state index contributed by atoms with van der Waals surface area (Å²) >= 11 is 1.17. The average Bonchev–Trinajstić information content (AvgIpc) is 2.54. The number of carbonyl (C=O) groups excluding carboxylic acids is 2. The summed E-state index contributed by atoms with van der Waals surface area (Å²) in [5, 5.41) is 10.2. The van der Waals surface area contributed by atoms with Gasteiger partial charge in [0.05, 0.1) is 18.6 Å². The fourth-order valence-electron chi connectivity index (χ4n) is 2.09. The molecule has 1 N–H and O–H groups in total. The number of rotatable bonds is 9. The number of ether oxygens (including phenoxy) is 1. The van der Waals surface area contributed by atoms with Crippen molar-refractivity contribution in [1.29, 1.82) is 0 Å². The van der Waals surface area contributed by atoms with Crippen molar-refractivity contribution < 1.29 is 19.4 Å². The summed E-state index contributed by atoms with van der Waals surface area (Å²) in [4.78, 5) is 23.7. The molecule has 2 atom stereocenters. The van der Waals surface area contributed by atoms with Gasteiger partial charge in [0.25, 0.3) is 0 Å². The number of benzene rings is 1. The van der Waals surface area contributed by atoms with E-state index in [-0.39, 0.29) is 23.9 Å². The second-order valence-electron chi connectivity index (χ2n) is 4.96. The maximum absolute atomic E-state index is 12.2. The summed E-state index contributed by atoms with van der Waals surface area (Å²) in [6.07, 6.45) is 2.89. The van der Waals surface area contributed by atoms with E-state index in [2.05, 4.69) is 0 Å². The molecule has 0 spiro atoms. The van der Waals surface area contributed by atoms with Gasteiger partial charge in [0.15, 0.2) is 5.12 Å². The van der Waals surface area contributed by atoms with Gasteiger partial charge in [0, 0.05) is 6.42 Å². The van der Waals surface area contributed by atoms with Gasteiger partial charge >= 0.3 is 5.97 Å². The first-order valence-corrected chi connectivity index (χ1v) is 8.80. The van der Waals surface area contributed by atoms with Gasteiger partial charge in [-0.25, -0.2) is 0 Å². The molecule has 126 valence electrons. The molecule has 0 fully saturated rings. The zero-order valence-electron chi connectivity index (χ0n) is 13.6. The van der Waals surface area contributed by atoms with Crippen LogP contribution in [0.15, 0.2) is 36.4 Å². The van der Waals surface area contributed by atoms with Crippen molar-refractivity contribution in [3.63, 3.8) is 0 Å². The first kappa shape index (κ1) is 19.5. The molecule has 4 nitrogen and oxygen atoms in total. The van der Waals surface area contributed by atoms with Gasteiger partial charge in [-0.3, -0.25) is 9.59 Å². The highest BCUT2D eigenvalue weighted by Gasteiger charge is 2.26. The minimum atomic E-state index is -0.920. The molecule has 0 bridgehead atoms. The average molecular weight is 336 g/mol. The molecular formula is C18H24O4S. The van der Waals surface area contributed by atoms with Gasteiger partial charge in [-0.05, 0) is 24.7 Å². The number of esters is 1. The Morgan fingerprint density at radius 2 is 1.96 bits per heavy atom. The lowest BCUT2D eigenvalue weighted by atomic mass is 9.97.